The molecule has 1 N–H and O–H groups in total. The maximum Gasteiger partial charge on any atom is 0.227 e. The van der Waals surface area contributed by atoms with Gasteiger partial charge in [0.05, 0.1) is 23.8 Å². The molecule has 5 heteroatoms. The molecule has 1 atom stereocenters. The number of nitrogens with zero attached hydrogens (tertiary/aromatic N) is 2. The zero-order chi connectivity index (χ0) is 14.8. The zero-order valence-electron chi connectivity index (χ0n) is 12.1. The number of carbonyl (C=O) groups is 1. The van der Waals surface area contributed by atoms with Crippen LogP contribution in [0.15, 0.2) is 18.2 Å². The predicted molar refractivity (Wildman–Crippen MR) is 76.7 cm³/mol. The molecule has 0 saturated carbocycles. The van der Waals surface area contributed by atoms with Gasteiger partial charge in [-0.1, -0.05) is 0 Å². The molecule has 0 radical (unpaired) electrons. The molecule has 0 aromatic heterocycles. The minimum Gasteiger partial charge on any atom is -0.497 e. The lowest BCUT2D eigenvalue weighted by atomic mass is 9.89. The van der Waals surface area contributed by atoms with Crippen LogP contribution in [-0.4, -0.2) is 33.2 Å². The Bertz CT molecular complexity index is 565. The first kappa shape index (κ1) is 14.2. The average Bonchev–Trinajstić information content (AvgIpc) is 2.89. The molecule has 0 bridgehead atoms. The SMILES string of the molecule is CNC(=O)C1(C)CCN(c2cc(OC)ccc2C#N)C1. The smallest absolute Gasteiger partial charge is 0.227 e. The van der Waals surface area contributed by atoms with Crippen LogP contribution < -0.4 is 15.0 Å². The lowest BCUT2D eigenvalue weighted by Crippen LogP contribution is -2.39. The predicted octanol–water partition coefficient (Wildman–Crippen LogP) is 1.53. The number of amides is 1. The van der Waals surface area contributed by atoms with E-state index in [4.69, 9.17) is 4.74 Å². The molecule has 106 valence electrons. The van der Waals surface area contributed by atoms with Crippen molar-refractivity contribution >= 4 is 11.6 Å². The summed E-state index contributed by atoms with van der Waals surface area (Å²) in [5.41, 5.74) is 1.02. The van der Waals surface area contributed by atoms with E-state index < -0.39 is 5.41 Å². The van der Waals surface area contributed by atoms with Crippen LogP contribution in [0, 0.1) is 16.7 Å². The van der Waals surface area contributed by atoms with E-state index in [2.05, 4.69) is 16.3 Å². The highest BCUT2D eigenvalue weighted by atomic mass is 16.5. The molecule has 1 amide bonds. The topological polar surface area (TPSA) is 65.4 Å². The standard InChI is InChI=1S/C15H19N3O2/c1-15(14(19)17-2)6-7-18(10-15)13-8-12(20-3)5-4-11(13)9-16/h4-5,8H,6-7,10H2,1-3H3,(H,17,19). The Hall–Kier alpha value is -2.22. The van der Waals surface area contributed by atoms with Crippen molar-refractivity contribution in [2.45, 2.75) is 13.3 Å². The highest BCUT2D eigenvalue weighted by Crippen LogP contribution is 2.36. The quantitative estimate of drug-likeness (QED) is 0.907. The molecular formula is C15H19N3O2. The number of nitriles is 1. The first-order valence-corrected chi connectivity index (χ1v) is 6.59. The van der Waals surface area contributed by atoms with Gasteiger partial charge in [-0.25, -0.2) is 0 Å². The van der Waals surface area contributed by atoms with E-state index in [1.54, 1.807) is 26.3 Å². The van der Waals surface area contributed by atoms with Crippen molar-refractivity contribution in [1.82, 2.24) is 5.32 Å². The molecule has 1 aromatic carbocycles. The van der Waals surface area contributed by atoms with Gasteiger partial charge in [-0.15, -0.1) is 0 Å². The number of ether oxygens (including phenoxy) is 1. The summed E-state index contributed by atoms with van der Waals surface area (Å²) in [6, 6.07) is 7.58. The Labute approximate surface area is 119 Å². The normalized spacial score (nSPS) is 21.4. The number of hydrogen-bond acceptors (Lipinski definition) is 4. The Morgan fingerprint density at radius 3 is 2.90 bits per heavy atom. The monoisotopic (exact) mass is 273 g/mol. The van der Waals surface area contributed by atoms with Crippen LogP contribution in [-0.2, 0) is 4.79 Å². The van der Waals surface area contributed by atoms with Crippen molar-refractivity contribution in [2.24, 2.45) is 5.41 Å². The first-order valence-electron chi connectivity index (χ1n) is 6.59. The van der Waals surface area contributed by atoms with Crippen molar-refractivity contribution < 1.29 is 9.53 Å². The first-order chi connectivity index (χ1) is 9.54. The maximum absolute atomic E-state index is 12.0. The highest BCUT2D eigenvalue weighted by molar-refractivity contribution is 5.83. The fraction of sp³-hybridized carbons (Fsp3) is 0.467. The molecule has 2 rings (SSSR count). The Kier molecular flexibility index (Phi) is 3.84. The van der Waals surface area contributed by atoms with Gasteiger partial charge in [-0.2, -0.15) is 5.26 Å². The van der Waals surface area contributed by atoms with Gasteiger partial charge in [-0.05, 0) is 25.5 Å². The molecule has 1 aliphatic heterocycles. The molecule has 5 nitrogen and oxygen atoms in total. The molecule has 1 heterocycles. The number of hydrogen-bond donors (Lipinski definition) is 1. The van der Waals surface area contributed by atoms with Crippen LogP contribution in [0.1, 0.15) is 18.9 Å². The van der Waals surface area contributed by atoms with Crippen molar-refractivity contribution in [3.05, 3.63) is 23.8 Å². The zero-order valence-corrected chi connectivity index (χ0v) is 12.1. The average molecular weight is 273 g/mol. The molecule has 20 heavy (non-hydrogen) atoms. The molecular weight excluding hydrogens is 254 g/mol. The molecule has 1 fully saturated rings. The second kappa shape index (κ2) is 5.41. The number of carbonyl (C=O) groups excluding carboxylic acids is 1. The molecule has 1 unspecified atom stereocenters. The molecule has 0 aliphatic carbocycles. The molecule has 1 aliphatic rings. The van der Waals surface area contributed by atoms with E-state index in [0.717, 1.165) is 18.7 Å². The summed E-state index contributed by atoms with van der Waals surface area (Å²) < 4.78 is 5.22. The Morgan fingerprint density at radius 2 is 2.30 bits per heavy atom. The second-order valence-corrected chi connectivity index (χ2v) is 5.31. The van der Waals surface area contributed by atoms with Gasteiger partial charge in [0, 0.05) is 26.2 Å². The number of anilines is 1. The van der Waals surface area contributed by atoms with Gasteiger partial charge >= 0.3 is 0 Å². The summed E-state index contributed by atoms with van der Waals surface area (Å²) >= 11 is 0. The van der Waals surface area contributed by atoms with Crippen LogP contribution in [0.3, 0.4) is 0 Å². The molecule has 0 spiro atoms. The minimum atomic E-state index is -0.412. The molecule has 1 saturated heterocycles. The van der Waals surface area contributed by atoms with Gasteiger partial charge in [0.15, 0.2) is 0 Å². The lowest BCUT2D eigenvalue weighted by molar-refractivity contribution is -0.128. The fourth-order valence-corrected chi connectivity index (χ4v) is 2.65. The van der Waals surface area contributed by atoms with Gasteiger partial charge in [0.25, 0.3) is 0 Å². The van der Waals surface area contributed by atoms with Crippen molar-refractivity contribution in [1.29, 1.82) is 5.26 Å². The van der Waals surface area contributed by atoms with E-state index in [0.29, 0.717) is 17.9 Å². The third-order valence-corrected chi connectivity index (χ3v) is 3.91. The van der Waals surface area contributed by atoms with Gasteiger partial charge in [-0.3, -0.25) is 4.79 Å². The van der Waals surface area contributed by atoms with Crippen molar-refractivity contribution in [3.63, 3.8) is 0 Å². The van der Waals surface area contributed by atoms with Crippen LogP contribution in [0.2, 0.25) is 0 Å². The van der Waals surface area contributed by atoms with Crippen molar-refractivity contribution in [2.75, 3.05) is 32.1 Å². The van der Waals surface area contributed by atoms with Crippen LogP contribution in [0.4, 0.5) is 5.69 Å². The summed E-state index contributed by atoms with van der Waals surface area (Å²) in [4.78, 5) is 14.0. The van der Waals surface area contributed by atoms with Gasteiger partial charge < -0.3 is 15.0 Å². The summed E-state index contributed by atoms with van der Waals surface area (Å²) in [7, 11) is 3.26. The highest BCUT2D eigenvalue weighted by Gasteiger charge is 2.40. The van der Waals surface area contributed by atoms with E-state index in [9.17, 15) is 10.1 Å². The second-order valence-electron chi connectivity index (χ2n) is 5.31. The third kappa shape index (κ3) is 2.42. The summed E-state index contributed by atoms with van der Waals surface area (Å²) in [6.45, 7) is 3.32. The number of methoxy groups -OCH3 is 1. The fourth-order valence-electron chi connectivity index (χ4n) is 2.65. The van der Waals surface area contributed by atoms with E-state index in [1.165, 1.54) is 0 Å². The summed E-state index contributed by atoms with van der Waals surface area (Å²) in [5, 5.41) is 11.9. The van der Waals surface area contributed by atoms with Crippen LogP contribution in [0.5, 0.6) is 5.75 Å². The number of rotatable bonds is 3. The van der Waals surface area contributed by atoms with Crippen molar-refractivity contribution in [3.8, 4) is 11.8 Å². The van der Waals surface area contributed by atoms with Gasteiger partial charge in [0.2, 0.25) is 5.91 Å². The minimum absolute atomic E-state index is 0.0430. The third-order valence-electron chi connectivity index (χ3n) is 3.91. The van der Waals surface area contributed by atoms with E-state index >= 15 is 0 Å². The van der Waals surface area contributed by atoms with E-state index in [-0.39, 0.29) is 5.91 Å². The van der Waals surface area contributed by atoms with E-state index in [1.807, 2.05) is 13.0 Å². The number of benzene rings is 1. The lowest BCUT2D eigenvalue weighted by Gasteiger charge is -2.24. The number of nitrogens with one attached hydrogen (secondary N) is 1. The summed E-state index contributed by atoms with van der Waals surface area (Å²) in [6.07, 6.45) is 0.773. The maximum atomic E-state index is 12.0. The van der Waals surface area contributed by atoms with Crippen LogP contribution >= 0.6 is 0 Å². The summed E-state index contributed by atoms with van der Waals surface area (Å²) in [5.74, 6) is 0.758. The largest absolute Gasteiger partial charge is 0.497 e. The Morgan fingerprint density at radius 1 is 1.55 bits per heavy atom. The molecule has 1 aromatic rings. The van der Waals surface area contributed by atoms with Crippen LogP contribution in [0.25, 0.3) is 0 Å². The van der Waals surface area contributed by atoms with Gasteiger partial charge in [0.1, 0.15) is 11.8 Å². The Balaban J connectivity index is 2.30.